The standard InChI is InChI=1S/C13H20N2O4S2/c1-8-6-15(7-9(2)19-8)21(17,18)12-5-11(13(16)14-4)20-10(12)3/h5,8-9H,6-7H2,1-4H3,(H,14,16)/t8-,9-/m0/s1. The van der Waals surface area contributed by atoms with E-state index in [0.717, 1.165) is 0 Å². The largest absolute Gasteiger partial charge is 0.373 e. The molecule has 1 aliphatic heterocycles. The molecule has 1 aromatic rings. The van der Waals surface area contributed by atoms with Crippen LogP contribution in [-0.4, -0.2) is 51.0 Å². The first-order valence-electron chi connectivity index (χ1n) is 6.73. The van der Waals surface area contributed by atoms with Crippen molar-refractivity contribution in [2.24, 2.45) is 0 Å². The number of carbonyl (C=O) groups excluding carboxylic acids is 1. The van der Waals surface area contributed by atoms with Crippen LogP contribution in [0.5, 0.6) is 0 Å². The zero-order valence-corrected chi connectivity index (χ0v) is 14.2. The minimum absolute atomic E-state index is 0.138. The van der Waals surface area contributed by atoms with Gasteiger partial charge in [-0.2, -0.15) is 4.31 Å². The van der Waals surface area contributed by atoms with Crippen LogP contribution < -0.4 is 5.32 Å². The lowest BCUT2D eigenvalue weighted by atomic mass is 10.3. The Morgan fingerprint density at radius 1 is 1.38 bits per heavy atom. The van der Waals surface area contributed by atoms with Crippen molar-refractivity contribution in [2.75, 3.05) is 20.1 Å². The smallest absolute Gasteiger partial charge is 0.261 e. The number of sulfonamides is 1. The third kappa shape index (κ3) is 3.28. The number of nitrogens with one attached hydrogen (secondary N) is 1. The molecule has 6 nitrogen and oxygen atoms in total. The predicted octanol–water partition coefficient (Wildman–Crippen LogP) is 1.21. The van der Waals surface area contributed by atoms with Gasteiger partial charge in [0, 0.05) is 25.0 Å². The fourth-order valence-corrected chi connectivity index (χ4v) is 5.52. The molecule has 0 radical (unpaired) electrons. The summed E-state index contributed by atoms with van der Waals surface area (Å²) in [7, 11) is -2.07. The van der Waals surface area contributed by atoms with Gasteiger partial charge in [0.2, 0.25) is 10.0 Å². The molecule has 0 spiro atoms. The van der Waals surface area contributed by atoms with Gasteiger partial charge in [-0.15, -0.1) is 11.3 Å². The summed E-state index contributed by atoms with van der Waals surface area (Å²) >= 11 is 1.19. The van der Waals surface area contributed by atoms with Crippen LogP contribution in [0.15, 0.2) is 11.0 Å². The van der Waals surface area contributed by atoms with E-state index in [-0.39, 0.29) is 23.0 Å². The average Bonchev–Trinajstić information content (AvgIpc) is 2.79. The van der Waals surface area contributed by atoms with Gasteiger partial charge in [-0.25, -0.2) is 8.42 Å². The third-order valence-corrected chi connectivity index (χ3v) is 6.46. The number of thiophene rings is 1. The Morgan fingerprint density at radius 2 is 1.95 bits per heavy atom. The summed E-state index contributed by atoms with van der Waals surface area (Å²) in [5.41, 5.74) is 0. The van der Waals surface area contributed by atoms with Crippen molar-refractivity contribution in [3.8, 4) is 0 Å². The molecule has 8 heteroatoms. The zero-order valence-electron chi connectivity index (χ0n) is 12.5. The maximum Gasteiger partial charge on any atom is 0.261 e. The molecular weight excluding hydrogens is 312 g/mol. The third-order valence-electron chi connectivity index (χ3n) is 3.33. The van der Waals surface area contributed by atoms with Gasteiger partial charge in [0.15, 0.2) is 0 Å². The maximum atomic E-state index is 12.8. The van der Waals surface area contributed by atoms with Crippen LogP contribution in [0.1, 0.15) is 28.4 Å². The van der Waals surface area contributed by atoms with Crippen LogP contribution >= 0.6 is 11.3 Å². The van der Waals surface area contributed by atoms with E-state index in [0.29, 0.717) is 22.8 Å². The zero-order chi connectivity index (χ0) is 15.8. The highest BCUT2D eigenvalue weighted by Crippen LogP contribution is 2.29. The number of rotatable bonds is 3. The van der Waals surface area contributed by atoms with Crippen LogP contribution in [0.25, 0.3) is 0 Å². The minimum atomic E-state index is -3.60. The van der Waals surface area contributed by atoms with E-state index >= 15 is 0 Å². The summed E-state index contributed by atoms with van der Waals surface area (Å²) in [4.78, 5) is 12.9. The first kappa shape index (κ1) is 16.4. The first-order chi connectivity index (χ1) is 9.75. The van der Waals surface area contributed by atoms with E-state index in [9.17, 15) is 13.2 Å². The van der Waals surface area contributed by atoms with Gasteiger partial charge in [0.05, 0.1) is 22.0 Å². The molecule has 1 amide bonds. The Balaban J connectivity index is 2.35. The van der Waals surface area contributed by atoms with Crippen molar-refractivity contribution in [1.82, 2.24) is 9.62 Å². The number of carbonyl (C=O) groups is 1. The summed E-state index contributed by atoms with van der Waals surface area (Å²) in [6, 6.07) is 1.46. The van der Waals surface area contributed by atoms with Crippen LogP contribution in [0.2, 0.25) is 0 Å². The fourth-order valence-electron chi connectivity index (χ4n) is 2.42. The van der Waals surface area contributed by atoms with Gasteiger partial charge < -0.3 is 10.1 Å². The Bertz CT molecular complexity index is 629. The molecule has 118 valence electrons. The van der Waals surface area contributed by atoms with Crippen LogP contribution in [0.3, 0.4) is 0 Å². The van der Waals surface area contributed by atoms with Gasteiger partial charge in [-0.3, -0.25) is 4.79 Å². The monoisotopic (exact) mass is 332 g/mol. The maximum absolute atomic E-state index is 12.8. The highest BCUT2D eigenvalue weighted by molar-refractivity contribution is 7.89. The lowest BCUT2D eigenvalue weighted by molar-refractivity contribution is -0.0440. The van der Waals surface area contributed by atoms with Gasteiger partial charge in [-0.05, 0) is 26.8 Å². The van der Waals surface area contributed by atoms with Crippen molar-refractivity contribution in [3.63, 3.8) is 0 Å². The summed E-state index contributed by atoms with van der Waals surface area (Å²) in [6.07, 6.45) is -0.276. The Kier molecular flexibility index (Phi) is 4.72. The SMILES string of the molecule is CNC(=O)c1cc(S(=O)(=O)N2C[C@H](C)O[C@@H](C)C2)c(C)s1. The number of amides is 1. The average molecular weight is 332 g/mol. The fraction of sp³-hybridized carbons (Fsp3) is 0.615. The molecule has 1 N–H and O–H groups in total. The topological polar surface area (TPSA) is 75.7 Å². The molecular formula is C13H20N2O4S2. The lowest BCUT2D eigenvalue weighted by Crippen LogP contribution is -2.48. The lowest BCUT2D eigenvalue weighted by Gasteiger charge is -2.34. The van der Waals surface area contributed by atoms with Crippen molar-refractivity contribution >= 4 is 27.3 Å². The molecule has 1 saturated heterocycles. The summed E-state index contributed by atoms with van der Waals surface area (Å²) < 4.78 is 32.5. The van der Waals surface area contributed by atoms with E-state index in [1.165, 1.54) is 28.8 Å². The molecule has 0 bridgehead atoms. The van der Waals surface area contributed by atoms with Gasteiger partial charge in [-0.1, -0.05) is 0 Å². The van der Waals surface area contributed by atoms with Crippen LogP contribution in [-0.2, 0) is 14.8 Å². The normalized spacial score (nSPS) is 24.0. The van der Waals surface area contributed by atoms with Crippen molar-refractivity contribution in [2.45, 2.75) is 37.9 Å². The molecule has 0 aromatic carbocycles. The van der Waals surface area contributed by atoms with E-state index in [4.69, 9.17) is 4.74 Å². The highest BCUT2D eigenvalue weighted by Gasteiger charge is 2.34. The van der Waals surface area contributed by atoms with Gasteiger partial charge in [0.25, 0.3) is 5.91 Å². The predicted molar refractivity (Wildman–Crippen MR) is 81.2 cm³/mol. The second kappa shape index (κ2) is 6.04. The van der Waals surface area contributed by atoms with E-state index in [2.05, 4.69) is 5.32 Å². The minimum Gasteiger partial charge on any atom is -0.373 e. The molecule has 0 aliphatic carbocycles. The highest BCUT2D eigenvalue weighted by atomic mass is 32.2. The number of hydrogen-bond donors (Lipinski definition) is 1. The number of nitrogens with zero attached hydrogens (tertiary/aromatic N) is 1. The Hall–Kier alpha value is -0.960. The first-order valence-corrected chi connectivity index (χ1v) is 8.99. The molecule has 1 aliphatic rings. The molecule has 0 unspecified atom stereocenters. The Morgan fingerprint density at radius 3 is 2.48 bits per heavy atom. The second-order valence-electron chi connectivity index (χ2n) is 5.19. The van der Waals surface area contributed by atoms with E-state index < -0.39 is 10.0 Å². The number of morpholine rings is 1. The van der Waals surface area contributed by atoms with E-state index in [1.54, 1.807) is 6.92 Å². The van der Waals surface area contributed by atoms with Gasteiger partial charge in [0.1, 0.15) is 0 Å². The molecule has 0 saturated carbocycles. The van der Waals surface area contributed by atoms with E-state index in [1.807, 2.05) is 13.8 Å². The van der Waals surface area contributed by atoms with Crippen molar-refractivity contribution in [3.05, 3.63) is 15.8 Å². The van der Waals surface area contributed by atoms with Gasteiger partial charge >= 0.3 is 0 Å². The van der Waals surface area contributed by atoms with Crippen LogP contribution in [0, 0.1) is 6.92 Å². The van der Waals surface area contributed by atoms with Crippen LogP contribution in [0.4, 0.5) is 0 Å². The number of ether oxygens (including phenoxy) is 1. The van der Waals surface area contributed by atoms with Crippen molar-refractivity contribution in [1.29, 1.82) is 0 Å². The Labute approximate surface area is 129 Å². The molecule has 1 fully saturated rings. The molecule has 2 atom stereocenters. The van der Waals surface area contributed by atoms with Crippen molar-refractivity contribution < 1.29 is 17.9 Å². The number of aryl methyl sites for hydroxylation is 1. The second-order valence-corrected chi connectivity index (χ2v) is 8.35. The summed E-state index contributed by atoms with van der Waals surface area (Å²) in [5.74, 6) is -0.270. The summed E-state index contributed by atoms with van der Waals surface area (Å²) in [5, 5.41) is 2.51. The number of hydrogen-bond acceptors (Lipinski definition) is 5. The molecule has 1 aromatic heterocycles. The molecule has 21 heavy (non-hydrogen) atoms. The molecule has 2 heterocycles. The quantitative estimate of drug-likeness (QED) is 0.903. The summed E-state index contributed by atoms with van der Waals surface area (Å²) in [6.45, 7) is 6.09. The molecule has 2 rings (SSSR count).